The summed E-state index contributed by atoms with van der Waals surface area (Å²) in [6.07, 6.45) is 5.41. The standard InChI is InChI=1S/C38H49N3O9S/c1-6-25-20-38(25,36(45)40-51(46,47)27-12-13-27)21-31(42)30-18-26-22-41(30)35(44)29(37(2,3)4)19-33(43)49-16-8-7-9-32(48-5)24-11-10-23-14-15-39-34(50-26)28(23)17-24/h6,10-11,14-15,17,25-27,29-30,32H,1,7-9,12-13,16,18-22H2,2-5H3,(H,40,45)/t25-,26+,29+,30?,32?,38+/m0/s1. The Hall–Kier alpha value is -3.84. The second-order valence-corrected chi connectivity index (χ2v) is 17.6. The zero-order chi connectivity index (χ0) is 36.7. The van der Waals surface area contributed by atoms with Crippen LogP contribution >= 0.6 is 0 Å². The van der Waals surface area contributed by atoms with Gasteiger partial charge >= 0.3 is 5.97 Å². The van der Waals surface area contributed by atoms with Crippen molar-refractivity contribution in [2.24, 2.45) is 22.7 Å². The van der Waals surface area contributed by atoms with Gasteiger partial charge in [-0.1, -0.05) is 39.0 Å². The highest BCUT2D eigenvalue weighted by Gasteiger charge is 2.61. The number of sulfonamides is 1. The lowest BCUT2D eigenvalue weighted by Crippen LogP contribution is -2.48. The predicted octanol–water partition coefficient (Wildman–Crippen LogP) is 4.81. The zero-order valence-corrected chi connectivity index (χ0v) is 30.7. The van der Waals surface area contributed by atoms with Crippen molar-refractivity contribution in [3.05, 3.63) is 48.7 Å². The van der Waals surface area contributed by atoms with Crippen molar-refractivity contribution in [2.45, 2.75) is 102 Å². The number of fused-ring (bicyclic) bond motifs is 3. The number of nitrogens with zero attached hydrogens (tertiary/aromatic N) is 2. The van der Waals surface area contributed by atoms with Crippen LogP contribution in [0.15, 0.2) is 43.1 Å². The molecule has 6 rings (SSSR count). The minimum atomic E-state index is -3.84. The van der Waals surface area contributed by atoms with E-state index in [1.54, 1.807) is 19.4 Å². The molecule has 12 nitrogen and oxygen atoms in total. The quantitative estimate of drug-likeness (QED) is 0.296. The van der Waals surface area contributed by atoms with E-state index in [4.69, 9.17) is 14.2 Å². The number of pyridine rings is 1. The molecule has 1 N–H and O–H groups in total. The molecule has 6 atom stereocenters. The first kappa shape index (κ1) is 36.9. The number of benzene rings is 1. The molecule has 2 aliphatic carbocycles. The van der Waals surface area contributed by atoms with Gasteiger partial charge in [-0.25, -0.2) is 13.4 Å². The maximum atomic E-state index is 14.5. The van der Waals surface area contributed by atoms with Crippen molar-refractivity contribution in [1.29, 1.82) is 0 Å². The van der Waals surface area contributed by atoms with E-state index in [1.807, 2.05) is 45.0 Å². The van der Waals surface area contributed by atoms with E-state index in [-0.39, 0.29) is 56.6 Å². The minimum Gasteiger partial charge on any atom is -0.472 e. The Morgan fingerprint density at radius 3 is 2.59 bits per heavy atom. The molecule has 1 saturated heterocycles. The van der Waals surface area contributed by atoms with Gasteiger partial charge in [0.1, 0.15) is 6.10 Å². The van der Waals surface area contributed by atoms with Gasteiger partial charge in [0.2, 0.25) is 27.7 Å². The van der Waals surface area contributed by atoms with Crippen LogP contribution in [0, 0.1) is 22.7 Å². The van der Waals surface area contributed by atoms with Crippen LogP contribution in [0.3, 0.4) is 0 Å². The molecular formula is C38H49N3O9S. The molecule has 0 spiro atoms. The molecule has 2 saturated carbocycles. The fraction of sp³-hybridized carbons (Fsp3) is 0.605. The average molecular weight is 724 g/mol. The summed E-state index contributed by atoms with van der Waals surface area (Å²) in [6.45, 7) is 9.69. The van der Waals surface area contributed by atoms with Crippen LogP contribution in [0.4, 0.5) is 0 Å². The van der Waals surface area contributed by atoms with E-state index >= 15 is 0 Å². The number of aromatic nitrogens is 1. The van der Waals surface area contributed by atoms with Gasteiger partial charge in [-0.15, -0.1) is 6.58 Å². The zero-order valence-electron chi connectivity index (χ0n) is 29.9. The van der Waals surface area contributed by atoms with E-state index in [9.17, 15) is 27.6 Å². The molecule has 13 heteroatoms. The maximum absolute atomic E-state index is 14.5. The number of hydrogen-bond acceptors (Lipinski definition) is 10. The highest BCUT2D eigenvalue weighted by Crippen LogP contribution is 2.57. The summed E-state index contributed by atoms with van der Waals surface area (Å²) in [7, 11) is -2.18. The smallest absolute Gasteiger partial charge is 0.306 e. The first-order valence-electron chi connectivity index (χ1n) is 17.9. The Morgan fingerprint density at radius 2 is 1.92 bits per heavy atom. The molecule has 2 amide bonds. The molecule has 4 bridgehead atoms. The summed E-state index contributed by atoms with van der Waals surface area (Å²) in [6, 6.07) is 6.89. The van der Waals surface area contributed by atoms with Crippen molar-refractivity contribution in [3.63, 3.8) is 0 Å². The van der Waals surface area contributed by atoms with Gasteiger partial charge in [-0.3, -0.25) is 23.9 Å². The van der Waals surface area contributed by atoms with Crippen LogP contribution in [-0.2, 0) is 38.7 Å². The van der Waals surface area contributed by atoms with Crippen LogP contribution in [0.5, 0.6) is 5.88 Å². The Bertz CT molecular complexity index is 1820. The number of nitrogens with one attached hydrogen (secondary N) is 1. The first-order chi connectivity index (χ1) is 24.2. The number of amides is 2. The largest absolute Gasteiger partial charge is 0.472 e. The monoisotopic (exact) mass is 723 g/mol. The Morgan fingerprint density at radius 1 is 1.16 bits per heavy atom. The van der Waals surface area contributed by atoms with Gasteiger partial charge in [0.15, 0.2) is 5.78 Å². The Kier molecular flexibility index (Phi) is 10.4. The van der Waals surface area contributed by atoms with Crippen molar-refractivity contribution in [3.8, 4) is 5.88 Å². The lowest BCUT2D eigenvalue weighted by molar-refractivity contribution is -0.153. The summed E-state index contributed by atoms with van der Waals surface area (Å²) in [4.78, 5) is 61.6. The van der Waals surface area contributed by atoms with E-state index in [1.165, 1.54) is 4.90 Å². The number of cyclic esters (lactones) is 1. The Labute approximate surface area is 299 Å². The molecule has 51 heavy (non-hydrogen) atoms. The molecule has 276 valence electrons. The molecule has 3 fully saturated rings. The normalized spacial score (nSPS) is 29.1. The fourth-order valence-corrected chi connectivity index (χ4v) is 8.96. The van der Waals surface area contributed by atoms with E-state index in [2.05, 4.69) is 16.3 Å². The lowest BCUT2D eigenvalue weighted by atomic mass is 9.77. The third kappa shape index (κ3) is 7.84. The number of carbonyl (C=O) groups excluding carboxylic acids is 4. The van der Waals surface area contributed by atoms with Gasteiger partial charge in [0, 0.05) is 31.5 Å². The summed E-state index contributed by atoms with van der Waals surface area (Å²) in [5.74, 6) is -2.81. The van der Waals surface area contributed by atoms with E-state index in [0.29, 0.717) is 31.6 Å². The molecular weight excluding hydrogens is 674 g/mol. The first-order valence-corrected chi connectivity index (χ1v) is 19.5. The summed E-state index contributed by atoms with van der Waals surface area (Å²) < 4.78 is 45.6. The van der Waals surface area contributed by atoms with Crippen LogP contribution < -0.4 is 9.46 Å². The predicted molar refractivity (Wildman–Crippen MR) is 189 cm³/mol. The van der Waals surface area contributed by atoms with Gasteiger partial charge in [0.05, 0.1) is 48.3 Å². The topological polar surface area (TPSA) is 158 Å². The number of allylic oxidation sites excluding steroid dienone is 1. The second-order valence-electron chi connectivity index (χ2n) is 15.7. The number of methoxy groups -OCH3 is 1. The number of esters is 1. The van der Waals surface area contributed by atoms with Crippen molar-refractivity contribution < 1.29 is 41.8 Å². The van der Waals surface area contributed by atoms with Gasteiger partial charge in [-0.05, 0) is 72.9 Å². The van der Waals surface area contributed by atoms with E-state index < -0.39 is 62.0 Å². The molecule has 1 aromatic carbocycles. The summed E-state index contributed by atoms with van der Waals surface area (Å²) in [5.41, 5.74) is -0.996. The molecule has 4 aliphatic rings. The van der Waals surface area contributed by atoms with Crippen LogP contribution in [-0.4, -0.2) is 79.5 Å². The molecule has 2 aromatic rings. The molecule has 2 unspecified atom stereocenters. The van der Waals surface area contributed by atoms with Crippen LogP contribution in [0.1, 0.15) is 90.2 Å². The SMILES string of the molecule is C=C[C@H]1C[C@]1(CC(=O)C1C[C@@H]2CN1C(=O)[C@H](C(C)(C)C)CC(=O)OCCCCC(OC)c1ccc3ccnc(c3c1)O2)C(=O)NS(=O)(=O)C1CC1. The average Bonchev–Trinajstić information content (AvgIpc) is 4.01. The number of hydrogen-bond donors (Lipinski definition) is 1. The minimum absolute atomic E-state index is 0.0511. The lowest BCUT2D eigenvalue weighted by Gasteiger charge is -2.34. The van der Waals surface area contributed by atoms with Crippen molar-refractivity contribution in [2.75, 3.05) is 20.3 Å². The molecule has 0 radical (unpaired) electrons. The third-order valence-electron chi connectivity index (χ3n) is 11.0. The number of ether oxygens (including phenoxy) is 3. The van der Waals surface area contributed by atoms with Gasteiger partial charge in [-0.2, -0.15) is 0 Å². The molecule has 2 aliphatic heterocycles. The van der Waals surface area contributed by atoms with Crippen LogP contribution in [0.25, 0.3) is 10.8 Å². The second kappa shape index (κ2) is 14.3. The van der Waals surface area contributed by atoms with Crippen molar-refractivity contribution >= 4 is 44.4 Å². The van der Waals surface area contributed by atoms with Crippen LogP contribution in [0.2, 0.25) is 0 Å². The number of ketones is 1. The summed E-state index contributed by atoms with van der Waals surface area (Å²) >= 11 is 0. The van der Waals surface area contributed by atoms with Gasteiger partial charge < -0.3 is 19.1 Å². The Balaban J connectivity index is 1.34. The molecule has 3 heterocycles. The molecule has 1 aromatic heterocycles. The van der Waals surface area contributed by atoms with E-state index in [0.717, 1.165) is 22.8 Å². The maximum Gasteiger partial charge on any atom is 0.306 e. The summed E-state index contributed by atoms with van der Waals surface area (Å²) in [5, 5.41) is 1.07. The highest BCUT2D eigenvalue weighted by molar-refractivity contribution is 7.90. The fourth-order valence-electron chi connectivity index (χ4n) is 7.58. The highest BCUT2D eigenvalue weighted by atomic mass is 32.2. The van der Waals surface area contributed by atoms with Crippen molar-refractivity contribution in [1.82, 2.24) is 14.6 Å². The third-order valence-corrected chi connectivity index (χ3v) is 12.8. The number of rotatable bonds is 8. The number of carbonyl (C=O) groups is 4. The number of Topliss-reactive ketones (excluding diaryl/α,β-unsaturated/α-hetero) is 1. The van der Waals surface area contributed by atoms with Gasteiger partial charge in [0.25, 0.3) is 0 Å².